The SMILES string of the molecule is O=C1CCc2ccc(cc2)OCCCCCNC(=O)CN1. The van der Waals surface area contributed by atoms with Gasteiger partial charge in [0.25, 0.3) is 0 Å². The van der Waals surface area contributed by atoms with Gasteiger partial charge in [0.2, 0.25) is 11.8 Å². The van der Waals surface area contributed by atoms with Gasteiger partial charge in [0.1, 0.15) is 5.75 Å². The van der Waals surface area contributed by atoms with E-state index >= 15 is 0 Å². The van der Waals surface area contributed by atoms with Crippen molar-refractivity contribution in [3.05, 3.63) is 29.8 Å². The van der Waals surface area contributed by atoms with Crippen LogP contribution in [0, 0.1) is 0 Å². The molecule has 1 aromatic carbocycles. The Morgan fingerprint density at radius 3 is 2.48 bits per heavy atom. The molecule has 114 valence electrons. The molecule has 1 aromatic rings. The maximum Gasteiger partial charge on any atom is 0.239 e. The number of aryl methyl sites for hydroxylation is 1. The predicted molar refractivity (Wildman–Crippen MR) is 80.1 cm³/mol. The minimum atomic E-state index is -0.132. The molecule has 5 nitrogen and oxygen atoms in total. The van der Waals surface area contributed by atoms with Crippen LogP contribution < -0.4 is 15.4 Å². The van der Waals surface area contributed by atoms with E-state index in [9.17, 15) is 9.59 Å². The standard InChI is InChI=1S/C16H22N2O3/c19-15-9-6-13-4-7-14(8-5-13)21-11-3-1-2-10-17-16(20)12-18-15/h4-5,7-8H,1-3,6,9-12H2,(H,17,20)(H,18,19). The van der Waals surface area contributed by atoms with Crippen molar-refractivity contribution >= 4 is 11.8 Å². The predicted octanol–water partition coefficient (Wildman–Crippen LogP) is 1.41. The number of fused-ring (bicyclic) bond motifs is 14. The molecule has 2 heterocycles. The second-order valence-corrected chi connectivity index (χ2v) is 5.18. The van der Waals surface area contributed by atoms with E-state index < -0.39 is 0 Å². The van der Waals surface area contributed by atoms with Gasteiger partial charge in [-0.3, -0.25) is 9.59 Å². The number of amides is 2. The molecule has 0 radical (unpaired) electrons. The Labute approximate surface area is 125 Å². The van der Waals surface area contributed by atoms with Gasteiger partial charge >= 0.3 is 0 Å². The molecule has 0 saturated carbocycles. The summed E-state index contributed by atoms with van der Waals surface area (Å²) in [5.41, 5.74) is 1.09. The Bertz CT molecular complexity index is 471. The third-order valence-corrected chi connectivity index (χ3v) is 3.42. The average molecular weight is 290 g/mol. The summed E-state index contributed by atoms with van der Waals surface area (Å²) in [5, 5.41) is 5.44. The van der Waals surface area contributed by atoms with Gasteiger partial charge in [-0.1, -0.05) is 12.1 Å². The lowest BCUT2D eigenvalue weighted by Gasteiger charge is -2.07. The number of carbonyl (C=O) groups excluding carboxylic acids is 2. The first kappa shape index (κ1) is 15.4. The summed E-state index contributed by atoms with van der Waals surface area (Å²) in [6.45, 7) is 1.39. The topological polar surface area (TPSA) is 67.4 Å². The monoisotopic (exact) mass is 290 g/mol. The summed E-state index contributed by atoms with van der Waals surface area (Å²) in [4.78, 5) is 23.2. The van der Waals surface area contributed by atoms with Crippen molar-refractivity contribution in [3.8, 4) is 5.75 Å². The third-order valence-electron chi connectivity index (χ3n) is 3.42. The highest BCUT2D eigenvalue weighted by molar-refractivity contribution is 5.84. The quantitative estimate of drug-likeness (QED) is 0.759. The van der Waals surface area contributed by atoms with Crippen LogP contribution in [0.25, 0.3) is 0 Å². The van der Waals surface area contributed by atoms with Crippen molar-refractivity contribution in [2.75, 3.05) is 19.7 Å². The van der Waals surface area contributed by atoms with E-state index in [0.717, 1.165) is 30.6 Å². The van der Waals surface area contributed by atoms with Crippen molar-refractivity contribution in [2.45, 2.75) is 32.1 Å². The normalized spacial score (nSPS) is 18.3. The molecular formula is C16H22N2O3. The van der Waals surface area contributed by atoms with Crippen LogP contribution >= 0.6 is 0 Å². The maximum atomic E-state index is 11.7. The largest absolute Gasteiger partial charge is 0.494 e. The van der Waals surface area contributed by atoms with Gasteiger partial charge in [0.05, 0.1) is 13.2 Å². The van der Waals surface area contributed by atoms with Crippen molar-refractivity contribution in [3.63, 3.8) is 0 Å². The average Bonchev–Trinajstić information content (AvgIpc) is 2.50. The molecule has 5 heteroatoms. The van der Waals surface area contributed by atoms with Gasteiger partial charge in [-0.15, -0.1) is 0 Å². The number of nitrogens with one attached hydrogen (secondary N) is 2. The van der Waals surface area contributed by atoms with E-state index in [1.807, 2.05) is 24.3 Å². The van der Waals surface area contributed by atoms with Gasteiger partial charge in [-0.05, 0) is 43.4 Å². The van der Waals surface area contributed by atoms with Gasteiger partial charge in [-0.25, -0.2) is 0 Å². The molecule has 2 aliphatic rings. The molecule has 0 aromatic heterocycles. The van der Waals surface area contributed by atoms with Crippen LogP contribution in [0.15, 0.2) is 24.3 Å². The summed E-state index contributed by atoms with van der Waals surface area (Å²) < 4.78 is 5.66. The van der Waals surface area contributed by atoms with Crippen molar-refractivity contribution in [1.82, 2.24) is 10.6 Å². The zero-order valence-electron chi connectivity index (χ0n) is 12.2. The molecule has 2 amide bonds. The van der Waals surface area contributed by atoms with E-state index in [1.54, 1.807) is 0 Å². The number of hydrogen-bond donors (Lipinski definition) is 2. The van der Waals surface area contributed by atoms with Gasteiger partial charge < -0.3 is 15.4 Å². The Morgan fingerprint density at radius 1 is 0.857 bits per heavy atom. The summed E-state index contributed by atoms with van der Waals surface area (Å²) in [6.07, 6.45) is 3.93. The number of rotatable bonds is 0. The van der Waals surface area contributed by atoms with Crippen LogP contribution in [-0.4, -0.2) is 31.5 Å². The summed E-state index contributed by atoms with van der Waals surface area (Å²) in [6, 6.07) is 7.84. The van der Waals surface area contributed by atoms with Crippen LogP contribution in [0.3, 0.4) is 0 Å². The van der Waals surface area contributed by atoms with Crippen LogP contribution in [0.4, 0.5) is 0 Å². The Balaban J connectivity index is 1.92. The van der Waals surface area contributed by atoms with Crippen LogP contribution in [-0.2, 0) is 16.0 Å². The van der Waals surface area contributed by atoms with Crippen LogP contribution in [0.5, 0.6) is 5.75 Å². The van der Waals surface area contributed by atoms with Crippen LogP contribution in [0.1, 0.15) is 31.2 Å². The molecule has 21 heavy (non-hydrogen) atoms. The molecule has 0 fully saturated rings. The molecule has 0 aliphatic carbocycles. The maximum absolute atomic E-state index is 11.7. The van der Waals surface area contributed by atoms with E-state index in [0.29, 0.717) is 26.0 Å². The molecule has 2 N–H and O–H groups in total. The first-order chi connectivity index (χ1) is 10.2. The number of carbonyl (C=O) groups is 2. The smallest absolute Gasteiger partial charge is 0.239 e. The molecular weight excluding hydrogens is 268 g/mol. The van der Waals surface area contributed by atoms with Crippen molar-refractivity contribution in [2.24, 2.45) is 0 Å². The Hall–Kier alpha value is -2.04. The van der Waals surface area contributed by atoms with Crippen molar-refractivity contribution in [1.29, 1.82) is 0 Å². The minimum absolute atomic E-state index is 0.0564. The zero-order chi connectivity index (χ0) is 14.9. The fraction of sp³-hybridized carbons (Fsp3) is 0.500. The molecule has 0 spiro atoms. The summed E-state index contributed by atoms with van der Waals surface area (Å²) in [7, 11) is 0. The second kappa shape index (κ2) is 8.29. The van der Waals surface area contributed by atoms with E-state index in [4.69, 9.17) is 4.74 Å². The first-order valence-electron chi connectivity index (χ1n) is 7.49. The highest BCUT2D eigenvalue weighted by Gasteiger charge is 2.06. The van der Waals surface area contributed by atoms with E-state index in [2.05, 4.69) is 10.6 Å². The second-order valence-electron chi connectivity index (χ2n) is 5.18. The molecule has 0 saturated heterocycles. The lowest BCUT2D eigenvalue weighted by atomic mass is 10.1. The fourth-order valence-corrected chi connectivity index (χ4v) is 2.16. The molecule has 2 bridgehead atoms. The fourth-order valence-electron chi connectivity index (χ4n) is 2.16. The van der Waals surface area contributed by atoms with Gasteiger partial charge in [0, 0.05) is 13.0 Å². The van der Waals surface area contributed by atoms with E-state index in [1.165, 1.54) is 0 Å². The summed E-state index contributed by atoms with van der Waals surface area (Å²) in [5.74, 6) is 0.628. The minimum Gasteiger partial charge on any atom is -0.494 e. The lowest BCUT2D eigenvalue weighted by molar-refractivity contribution is -0.126. The highest BCUT2D eigenvalue weighted by Crippen LogP contribution is 2.14. The number of hydrogen-bond acceptors (Lipinski definition) is 3. The van der Waals surface area contributed by atoms with Gasteiger partial charge in [0.15, 0.2) is 0 Å². The van der Waals surface area contributed by atoms with E-state index in [-0.39, 0.29) is 18.4 Å². The lowest BCUT2D eigenvalue weighted by Crippen LogP contribution is -2.37. The molecule has 2 aliphatic heterocycles. The molecule has 0 atom stereocenters. The van der Waals surface area contributed by atoms with Crippen molar-refractivity contribution < 1.29 is 14.3 Å². The molecule has 3 rings (SSSR count). The first-order valence-corrected chi connectivity index (χ1v) is 7.49. The van der Waals surface area contributed by atoms with Crippen LogP contribution in [0.2, 0.25) is 0 Å². The highest BCUT2D eigenvalue weighted by atomic mass is 16.5. The zero-order valence-corrected chi connectivity index (χ0v) is 12.2. The Kier molecular flexibility index (Phi) is 6.06. The van der Waals surface area contributed by atoms with Gasteiger partial charge in [-0.2, -0.15) is 0 Å². The molecule has 0 unspecified atom stereocenters. The third kappa shape index (κ3) is 5.85. The number of benzene rings is 1. The Morgan fingerprint density at radius 2 is 1.67 bits per heavy atom. The number of ether oxygens (including phenoxy) is 1. The summed E-state index contributed by atoms with van der Waals surface area (Å²) >= 11 is 0.